The molecule has 0 radical (unpaired) electrons. The first-order valence-corrected chi connectivity index (χ1v) is 4.28. The highest BCUT2D eigenvalue weighted by Crippen LogP contribution is 2.24. The zero-order valence-electron chi connectivity index (χ0n) is 8.49. The summed E-state index contributed by atoms with van der Waals surface area (Å²) >= 11 is 0. The molecule has 0 saturated heterocycles. The zero-order valence-corrected chi connectivity index (χ0v) is 8.49. The van der Waals surface area contributed by atoms with Gasteiger partial charge in [-0.25, -0.2) is 4.79 Å². The number of aliphatic carboxylic acids is 4. The van der Waals surface area contributed by atoms with E-state index in [2.05, 4.69) is 6.58 Å². The molecule has 0 bridgehead atoms. The maximum Gasteiger partial charge on any atom is 0.331 e. The second-order valence-electron chi connectivity index (χ2n) is 3.19. The van der Waals surface area contributed by atoms with E-state index in [0.717, 1.165) is 0 Å². The minimum Gasteiger partial charge on any atom is -0.481 e. The van der Waals surface area contributed by atoms with Gasteiger partial charge in [-0.15, -0.1) is 0 Å². The first kappa shape index (κ1) is 14.6. The van der Waals surface area contributed by atoms with E-state index in [1.54, 1.807) is 0 Å². The fourth-order valence-electron chi connectivity index (χ4n) is 1.23. The van der Waals surface area contributed by atoms with Crippen LogP contribution in [0.5, 0.6) is 0 Å². The predicted octanol–water partition coefficient (Wildman–Crippen LogP) is -0.496. The van der Waals surface area contributed by atoms with Crippen molar-refractivity contribution in [3.05, 3.63) is 12.2 Å². The van der Waals surface area contributed by atoms with Crippen LogP contribution in [0.15, 0.2) is 12.2 Å². The summed E-state index contributed by atoms with van der Waals surface area (Å²) in [5.74, 6) is -10.5. The Labute approximate surface area is 94.8 Å². The van der Waals surface area contributed by atoms with Gasteiger partial charge in [-0.2, -0.15) is 0 Å². The molecular formula is C9H10O8. The molecule has 0 aliphatic rings. The summed E-state index contributed by atoms with van der Waals surface area (Å²) in [5, 5.41) is 34.5. The van der Waals surface area contributed by atoms with Crippen molar-refractivity contribution in [1.82, 2.24) is 0 Å². The van der Waals surface area contributed by atoms with Gasteiger partial charge in [0.2, 0.25) is 0 Å². The molecule has 0 aromatic carbocycles. The molecule has 0 aliphatic heterocycles. The van der Waals surface area contributed by atoms with Crippen molar-refractivity contribution < 1.29 is 39.6 Å². The van der Waals surface area contributed by atoms with E-state index in [-0.39, 0.29) is 0 Å². The summed E-state index contributed by atoms with van der Waals surface area (Å²) < 4.78 is 0. The zero-order chi connectivity index (χ0) is 13.7. The molecular weight excluding hydrogens is 236 g/mol. The number of hydrogen-bond donors (Lipinski definition) is 4. The molecule has 0 fully saturated rings. The molecule has 2 atom stereocenters. The van der Waals surface area contributed by atoms with Crippen LogP contribution >= 0.6 is 0 Å². The molecule has 0 aromatic rings. The maximum atomic E-state index is 10.8. The lowest BCUT2D eigenvalue weighted by molar-refractivity contribution is -0.156. The Balaban J connectivity index is 5.31. The quantitative estimate of drug-likeness (QED) is 0.439. The topological polar surface area (TPSA) is 149 Å². The van der Waals surface area contributed by atoms with Gasteiger partial charge in [0.05, 0.1) is 12.3 Å². The van der Waals surface area contributed by atoms with Gasteiger partial charge < -0.3 is 20.4 Å². The van der Waals surface area contributed by atoms with Gasteiger partial charge in [-0.05, 0) is 0 Å². The van der Waals surface area contributed by atoms with Gasteiger partial charge in [0, 0.05) is 5.57 Å². The molecule has 0 rings (SSSR count). The molecule has 0 saturated carbocycles. The number of carboxylic acid groups (broad SMARTS) is 4. The number of hydrogen-bond acceptors (Lipinski definition) is 4. The van der Waals surface area contributed by atoms with Crippen molar-refractivity contribution in [2.75, 3.05) is 0 Å². The van der Waals surface area contributed by atoms with Crippen molar-refractivity contribution >= 4 is 23.9 Å². The van der Waals surface area contributed by atoms with Crippen LogP contribution in [-0.2, 0) is 19.2 Å². The van der Waals surface area contributed by atoms with Crippen LogP contribution in [0.4, 0.5) is 0 Å². The van der Waals surface area contributed by atoms with Crippen LogP contribution in [-0.4, -0.2) is 44.3 Å². The Morgan fingerprint density at radius 2 is 1.41 bits per heavy atom. The summed E-state index contributed by atoms with van der Waals surface area (Å²) in [5.41, 5.74) is -0.869. The smallest absolute Gasteiger partial charge is 0.331 e. The molecule has 2 unspecified atom stereocenters. The van der Waals surface area contributed by atoms with Crippen LogP contribution in [0.2, 0.25) is 0 Å². The lowest BCUT2D eigenvalue weighted by atomic mass is 9.84. The Morgan fingerprint density at radius 1 is 0.941 bits per heavy atom. The highest BCUT2D eigenvalue weighted by atomic mass is 16.4. The third kappa shape index (κ3) is 3.93. The van der Waals surface area contributed by atoms with Gasteiger partial charge in [0.1, 0.15) is 5.92 Å². The second kappa shape index (κ2) is 5.64. The molecule has 8 heteroatoms. The first-order valence-electron chi connectivity index (χ1n) is 4.28. The lowest BCUT2D eigenvalue weighted by Crippen LogP contribution is -2.34. The minimum absolute atomic E-state index is 0.869. The fourth-order valence-corrected chi connectivity index (χ4v) is 1.23. The minimum atomic E-state index is -1.99. The molecule has 0 spiro atoms. The molecule has 4 N–H and O–H groups in total. The Bertz CT molecular complexity index is 382. The van der Waals surface area contributed by atoms with Crippen LogP contribution in [0, 0.1) is 11.8 Å². The van der Waals surface area contributed by atoms with Crippen molar-refractivity contribution in [3.63, 3.8) is 0 Å². The predicted molar refractivity (Wildman–Crippen MR) is 51.3 cm³/mol. The number of rotatable bonds is 7. The molecule has 0 amide bonds. The SMILES string of the molecule is C=C(C(=O)O)C(C(=O)O)C(CC(=O)O)C(=O)O. The van der Waals surface area contributed by atoms with E-state index in [1.165, 1.54) is 0 Å². The van der Waals surface area contributed by atoms with E-state index in [0.29, 0.717) is 0 Å². The lowest BCUT2D eigenvalue weighted by Gasteiger charge is -2.18. The van der Waals surface area contributed by atoms with Crippen LogP contribution < -0.4 is 0 Å². The monoisotopic (exact) mass is 246 g/mol. The average Bonchev–Trinajstić information content (AvgIpc) is 2.14. The molecule has 0 aromatic heterocycles. The van der Waals surface area contributed by atoms with Crippen molar-refractivity contribution in [3.8, 4) is 0 Å². The van der Waals surface area contributed by atoms with E-state index in [9.17, 15) is 19.2 Å². The Morgan fingerprint density at radius 3 is 1.65 bits per heavy atom. The van der Waals surface area contributed by atoms with Gasteiger partial charge in [0.25, 0.3) is 0 Å². The van der Waals surface area contributed by atoms with E-state index < -0.39 is 47.7 Å². The van der Waals surface area contributed by atoms with E-state index in [4.69, 9.17) is 20.4 Å². The Kier molecular flexibility index (Phi) is 4.85. The maximum absolute atomic E-state index is 10.8. The normalized spacial score (nSPS) is 13.4. The van der Waals surface area contributed by atoms with Crippen molar-refractivity contribution in [2.24, 2.45) is 11.8 Å². The largest absolute Gasteiger partial charge is 0.481 e. The Hall–Kier alpha value is -2.38. The highest BCUT2D eigenvalue weighted by molar-refractivity contribution is 5.96. The van der Waals surface area contributed by atoms with Gasteiger partial charge in [0.15, 0.2) is 0 Å². The van der Waals surface area contributed by atoms with Gasteiger partial charge >= 0.3 is 23.9 Å². The van der Waals surface area contributed by atoms with Crippen molar-refractivity contribution in [2.45, 2.75) is 6.42 Å². The standard InChI is InChI=1S/C9H10O8/c1-3(7(12)13)6(9(16)17)4(8(14)15)2-5(10)11/h4,6H,1-2H2,(H,10,11)(H,12,13)(H,14,15)(H,16,17). The molecule has 0 aliphatic carbocycles. The third-order valence-electron chi connectivity index (χ3n) is 2.03. The van der Waals surface area contributed by atoms with Crippen LogP contribution in [0.25, 0.3) is 0 Å². The van der Waals surface area contributed by atoms with Gasteiger partial charge in [-0.1, -0.05) is 6.58 Å². The first-order chi connectivity index (χ1) is 7.68. The number of carboxylic acids is 4. The molecule has 8 nitrogen and oxygen atoms in total. The van der Waals surface area contributed by atoms with Gasteiger partial charge in [-0.3, -0.25) is 14.4 Å². The highest BCUT2D eigenvalue weighted by Gasteiger charge is 2.39. The molecule has 0 heterocycles. The summed E-state index contributed by atoms with van der Waals surface area (Å²) in [4.78, 5) is 42.5. The van der Waals surface area contributed by atoms with Crippen molar-refractivity contribution in [1.29, 1.82) is 0 Å². The van der Waals surface area contributed by atoms with Crippen LogP contribution in [0.1, 0.15) is 6.42 Å². The summed E-state index contributed by atoms with van der Waals surface area (Å²) in [6, 6.07) is 0. The van der Waals surface area contributed by atoms with Crippen LogP contribution in [0.3, 0.4) is 0 Å². The summed E-state index contributed by atoms with van der Waals surface area (Å²) in [6.07, 6.45) is -1.00. The van der Waals surface area contributed by atoms with E-state index >= 15 is 0 Å². The summed E-state index contributed by atoms with van der Waals surface area (Å²) in [7, 11) is 0. The third-order valence-corrected chi connectivity index (χ3v) is 2.03. The number of carbonyl (C=O) groups is 4. The fraction of sp³-hybridized carbons (Fsp3) is 0.333. The average molecular weight is 246 g/mol. The molecule has 17 heavy (non-hydrogen) atoms. The summed E-state index contributed by atoms with van der Waals surface area (Å²) in [6.45, 7) is 2.95. The second-order valence-corrected chi connectivity index (χ2v) is 3.19. The van der Waals surface area contributed by atoms with E-state index in [1.807, 2.05) is 0 Å². The molecule has 94 valence electrons.